The second-order valence-corrected chi connectivity index (χ2v) is 9.43. The molecule has 1 heterocycles. The number of hydrogen-bond acceptors (Lipinski definition) is 5. The van der Waals surface area contributed by atoms with Gasteiger partial charge in [0.1, 0.15) is 0 Å². The van der Waals surface area contributed by atoms with E-state index in [-0.39, 0.29) is 23.0 Å². The molecule has 0 saturated carbocycles. The van der Waals surface area contributed by atoms with Crippen molar-refractivity contribution in [1.82, 2.24) is 4.98 Å². The number of hydrogen-bond donors (Lipinski definition) is 1. The van der Waals surface area contributed by atoms with Gasteiger partial charge >= 0.3 is 0 Å². The van der Waals surface area contributed by atoms with Gasteiger partial charge in [0.05, 0.1) is 21.3 Å². The number of rotatable bonds is 6. The molecule has 0 fully saturated rings. The summed E-state index contributed by atoms with van der Waals surface area (Å²) >= 11 is 1.58. The summed E-state index contributed by atoms with van der Waals surface area (Å²) in [4.78, 5) is 16.8. The number of benzene rings is 2. The molecular formula is C20H20N2O3S2. The Morgan fingerprint density at radius 3 is 2.30 bits per heavy atom. The summed E-state index contributed by atoms with van der Waals surface area (Å²) in [6.45, 7) is 3.85. The van der Waals surface area contributed by atoms with Crippen molar-refractivity contribution in [2.24, 2.45) is 0 Å². The molecule has 0 atom stereocenters. The van der Waals surface area contributed by atoms with Crippen LogP contribution < -0.4 is 5.32 Å². The number of thiazole rings is 1. The minimum Gasteiger partial charge on any atom is -0.326 e. The van der Waals surface area contributed by atoms with E-state index in [4.69, 9.17) is 0 Å². The Hall–Kier alpha value is -2.51. The maximum Gasteiger partial charge on any atom is 0.225 e. The summed E-state index contributed by atoms with van der Waals surface area (Å²) in [5, 5.41) is 5.72. The highest BCUT2D eigenvalue weighted by molar-refractivity contribution is 7.91. The molecule has 0 aliphatic heterocycles. The van der Waals surface area contributed by atoms with Gasteiger partial charge in [0.2, 0.25) is 5.91 Å². The molecule has 0 saturated heterocycles. The zero-order valence-corrected chi connectivity index (χ0v) is 16.7. The first kappa shape index (κ1) is 19.3. The first-order valence-electron chi connectivity index (χ1n) is 8.45. The Labute approximate surface area is 163 Å². The Morgan fingerprint density at radius 1 is 1.04 bits per heavy atom. The highest BCUT2D eigenvalue weighted by atomic mass is 32.2. The van der Waals surface area contributed by atoms with Crippen LogP contribution in [0.4, 0.5) is 5.69 Å². The number of aryl methyl sites for hydroxylation is 2. The van der Waals surface area contributed by atoms with Crippen molar-refractivity contribution in [2.45, 2.75) is 25.2 Å². The number of carbonyl (C=O) groups excluding carboxylic acids is 1. The Bertz CT molecular complexity index is 1040. The smallest absolute Gasteiger partial charge is 0.225 e. The van der Waals surface area contributed by atoms with Gasteiger partial charge in [-0.05, 0) is 38.1 Å². The minimum absolute atomic E-state index is 0.0940. The fourth-order valence-electron chi connectivity index (χ4n) is 2.53. The largest absolute Gasteiger partial charge is 0.326 e. The lowest BCUT2D eigenvalue weighted by molar-refractivity contribution is -0.115. The van der Waals surface area contributed by atoms with Crippen molar-refractivity contribution < 1.29 is 13.2 Å². The minimum atomic E-state index is -3.47. The van der Waals surface area contributed by atoms with E-state index >= 15 is 0 Å². The summed E-state index contributed by atoms with van der Waals surface area (Å²) < 4.78 is 24.6. The molecule has 27 heavy (non-hydrogen) atoms. The van der Waals surface area contributed by atoms with E-state index in [0.29, 0.717) is 5.69 Å². The average molecular weight is 401 g/mol. The zero-order chi connectivity index (χ0) is 19.4. The molecular weight excluding hydrogens is 380 g/mol. The fraction of sp³-hybridized carbons (Fsp3) is 0.200. The molecule has 0 radical (unpaired) electrons. The molecule has 2 aromatic carbocycles. The molecule has 1 N–H and O–H groups in total. The van der Waals surface area contributed by atoms with Gasteiger partial charge in [-0.1, -0.05) is 29.8 Å². The number of nitrogens with one attached hydrogen (secondary N) is 1. The van der Waals surface area contributed by atoms with Crippen LogP contribution in [-0.4, -0.2) is 25.1 Å². The first-order chi connectivity index (χ1) is 12.8. The second kappa shape index (κ2) is 8.02. The van der Waals surface area contributed by atoms with Crippen LogP contribution in [0.1, 0.15) is 17.0 Å². The predicted molar refractivity (Wildman–Crippen MR) is 109 cm³/mol. The number of nitrogens with zero attached hydrogens (tertiary/aromatic N) is 1. The van der Waals surface area contributed by atoms with E-state index in [2.05, 4.69) is 10.3 Å². The summed E-state index contributed by atoms with van der Waals surface area (Å²) in [6, 6.07) is 14.0. The van der Waals surface area contributed by atoms with Crippen LogP contribution in [0.3, 0.4) is 0 Å². The third-order valence-corrected chi connectivity index (χ3v) is 6.57. The number of anilines is 1. The Balaban J connectivity index is 1.58. The molecule has 0 spiro atoms. The van der Waals surface area contributed by atoms with Crippen LogP contribution in [0.2, 0.25) is 0 Å². The van der Waals surface area contributed by atoms with E-state index in [0.717, 1.165) is 21.8 Å². The highest BCUT2D eigenvalue weighted by Crippen LogP contribution is 2.23. The predicted octanol–water partition coefficient (Wildman–Crippen LogP) is 4.23. The highest BCUT2D eigenvalue weighted by Gasteiger charge is 2.16. The topological polar surface area (TPSA) is 76.1 Å². The Morgan fingerprint density at radius 2 is 1.70 bits per heavy atom. The molecule has 0 aliphatic carbocycles. The van der Waals surface area contributed by atoms with Gasteiger partial charge < -0.3 is 5.32 Å². The lowest BCUT2D eigenvalue weighted by Gasteiger charge is -2.07. The van der Waals surface area contributed by atoms with Crippen molar-refractivity contribution >= 4 is 32.8 Å². The van der Waals surface area contributed by atoms with Crippen LogP contribution in [-0.2, 0) is 14.6 Å². The lowest BCUT2D eigenvalue weighted by Crippen LogP contribution is -2.17. The van der Waals surface area contributed by atoms with Crippen LogP contribution in [0, 0.1) is 13.8 Å². The van der Waals surface area contributed by atoms with E-state index in [1.165, 1.54) is 0 Å². The monoisotopic (exact) mass is 400 g/mol. The van der Waals surface area contributed by atoms with Crippen molar-refractivity contribution in [1.29, 1.82) is 0 Å². The summed E-state index contributed by atoms with van der Waals surface area (Å²) in [5.41, 5.74) is 3.49. The van der Waals surface area contributed by atoms with Gasteiger partial charge in [0, 0.05) is 23.1 Å². The second-order valence-electron chi connectivity index (χ2n) is 6.26. The van der Waals surface area contributed by atoms with Gasteiger partial charge in [0.25, 0.3) is 0 Å². The number of carbonyl (C=O) groups is 1. The first-order valence-corrected chi connectivity index (χ1v) is 11.0. The van der Waals surface area contributed by atoms with Crippen LogP contribution in [0.25, 0.3) is 11.3 Å². The molecule has 0 bridgehead atoms. The van der Waals surface area contributed by atoms with Crippen molar-refractivity contribution in [3.63, 3.8) is 0 Å². The average Bonchev–Trinajstić information content (AvgIpc) is 3.07. The van der Waals surface area contributed by atoms with Crippen LogP contribution >= 0.6 is 11.3 Å². The maximum atomic E-state index is 12.3. The van der Waals surface area contributed by atoms with Crippen LogP contribution in [0.15, 0.2) is 58.8 Å². The van der Waals surface area contributed by atoms with Crippen molar-refractivity contribution in [3.05, 3.63) is 64.5 Å². The molecule has 5 nitrogen and oxygen atoms in total. The third-order valence-electron chi connectivity index (χ3n) is 4.06. The molecule has 3 rings (SSSR count). The SMILES string of the molecule is Cc1ccc(S(=O)(=O)CCC(=O)Nc2ccc(-c3csc(C)n3)cc2)cc1. The summed E-state index contributed by atoms with van der Waals surface area (Å²) in [6.07, 6.45) is -0.0940. The molecule has 3 aromatic rings. The molecule has 140 valence electrons. The number of sulfone groups is 1. The molecule has 1 aromatic heterocycles. The quantitative estimate of drug-likeness (QED) is 0.672. The van der Waals surface area contributed by atoms with E-state index in [9.17, 15) is 13.2 Å². The van der Waals surface area contributed by atoms with Gasteiger partial charge in [-0.2, -0.15) is 0 Å². The zero-order valence-electron chi connectivity index (χ0n) is 15.1. The molecule has 7 heteroatoms. The standard InChI is InChI=1S/C20H20N2O3S2/c1-14-3-9-18(10-4-14)27(24,25)12-11-20(23)22-17-7-5-16(6-8-17)19-13-26-15(2)21-19/h3-10,13H,11-12H2,1-2H3,(H,22,23). The number of amides is 1. The summed E-state index contributed by atoms with van der Waals surface area (Å²) in [7, 11) is -3.47. The van der Waals surface area contributed by atoms with Gasteiger partial charge in [-0.15, -0.1) is 11.3 Å². The lowest BCUT2D eigenvalue weighted by atomic mass is 10.1. The van der Waals surface area contributed by atoms with E-state index in [1.54, 1.807) is 47.7 Å². The molecule has 0 unspecified atom stereocenters. The fourth-order valence-corrected chi connectivity index (χ4v) is 4.40. The third kappa shape index (κ3) is 5.02. The molecule has 0 aliphatic rings. The van der Waals surface area contributed by atoms with Gasteiger partial charge in [-0.3, -0.25) is 4.79 Å². The summed E-state index contributed by atoms with van der Waals surface area (Å²) in [5.74, 6) is -0.555. The molecule has 1 amide bonds. The normalized spacial score (nSPS) is 11.3. The van der Waals surface area contributed by atoms with Gasteiger partial charge in [-0.25, -0.2) is 13.4 Å². The number of aromatic nitrogens is 1. The van der Waals surface area contributed by atoms with E-state index in [1.807, 2.05) is 31.4 Å². The van der Waals surface area contributed by atoms with Crippen molar-refractivity contribution in [3.8, 4) is 11.3 Å². The van der Waals surface area contributed by atoms with Crippen molar-refractivity contribution in [2.75, 3.05) is 11.1 Å². The van der Waals surface area contributed by atoms with Gasteiger partial charge in [0.15, 0.2) is 9.84 Å². The van der Waals surface area contributed by atoms with Crippen LogP contribution in [0.5, 0.6) is 0 Å². The maximum absolute atomic E-state index is 12.3. The Kier molecular flexibility index (Phi) is 5.72. The van der Waals surface area contributed by atoms with E-state index < -0.39 is 9.84 Å².